The van der Waals surface area contributed by atoms with Gasteiger partial charge in [-0.3, -0.25) is 9.59 Å². The molecule has 158 valence electrons. The van der Waals surface area contributed by atoms with E-state index in [9.17, 15) is 9.59 Å². The minimum atomic E-state index is -0.118. The number of aryl methyl sites for hydroxylation is 1. The first kappa shape index (κ1) is 21.1. The number of benzene rings is 4. The first-order valence-corrected chi connectivity index (χ1v) is 10.2. The molecule has 4 rings (SSSR count). The van der Waals surface area contributed by atoms with Crippen LogP contribution in [0.15, 0.2) is 97.1 Å². The van der Waals surface area contributed by atoms with E-state index in [2.05, 4.69) is 0 Å². The summed E-state index contributed by atoms with van der Waals surface area (Å²) < 4.78 is 11.0. The van der Waals surface area contributed by atoms with E-state index in [4.69, 9.17) is 9.47 Å². The minimum absolute atomic E-state index is 0.0666. The molecule has 0 aliphatic rings. The number of ether oxygens (including phenoxy) is 2. The van der Waals surface area contributed by atoms with Crippen LogP contribution in [-0.2, 0) is 0 Å². The average molecular weight is 422 g/mol. The highest BCUT2D eigenvalue weighted by molar-refractivity contribution is 6.11. The molecular weight excluding hydrogens is 400 g/mol. The lowest BCUT2D eigenvalue weighted by atomic mass is 9.98. The summed E-state index contributed by atoms with van der Waals surface area (Å²) in [5, 5.41) is 0. The molecule has 0 N–H and O–H groups in total. The van der Waals surface area contributed by atoms with Gasteiger partial charge in [-0.2, -0.15) is 0 Å². The SMILES string of the molecule is COc1cccc(Oc2ccc(C(=O)c3ccc(C(=O)c4ccc(C)cc4)cc3)cc2)c1. The number of hydrogen-bond donors (Lipinski definition) is 0. The van der Waals surface area contributed by atoms with Gasteiger partial charge >= 0.3 is 0 Å². The van der Waals surface area contributed by atoms with E-state index in [0.29, 0.717) is 39.5 Å². The molecule has 0 bridgehead atoms. The molecule has 0 fully saturated rings. The van der Waals surface area contributed by atoms with Crippen LogP contribution in [0.5, 0.6) is 17.2 Å². The first-order valence-electron chi connectivity index (χ1n) is 10.2. The number of rotatable bonds is 7. The Morgan fingerprint density at radius 1 is 0.562 bits per heavy atom. The number of ketones is 2. The van der Waals surface area contributed by atoms with Crippen molar-refractivity contribution in [1.82, 2.24) is 0 Å². The van der Waals surface area contributed by atoms with Crippen LogP contribution >= 0.6 is 0 Å². The lowest BCUT2D eigenvalue weighted by molar-refractivity contribution is 0.102. The average Bonchev–Trinajstić information content (AvgIpc) is 2.84. The molecule has 0 aromatic heterocycles. The van der Waals surface area contributed by atoms with Crippen molar-refractivity contribution >= 4 is 11.6 Å². The van der Waals surface area contributed by atoms with E-state index in [1.165, 1.54) is 0 Å². The van der Waals surface area contributed by atoms with E-state index >= 15 is 0 Å². The van der Waals surface area contributed by atoms with Crippen LogP contribution in [0.1, 0.15) is 37.4 Å². The Hall–Kier alpha value is -4.18. The molecule has 0 unspecified atom stereocenters. The normalized spacial score (nSPS) is 10.4. The molecule has 4 aromatic rings. The van der Waals surface area contributed by atoms with Gasteiger partial charge in [-0.05, 0) is 43.3 Å². The largest absolute Gasteiger partial charge is 0.497 e. The molecule has 0 amide bonds. The summed E-state index contributed by atoms with van der Waals surface area (Å²) in [5.74, 6) is 1.79. The third kappa shape index (κ3) is 4.76. The summed E-state index contributed by atoms with van der Waals surface area (Å²) in [4.78, 5) is 25.5. The summed E-state index contributed by atoms with van der Waals surface area (Å²) in [6.45, 7) is 1.98. The molecule has 0 saturated carbocycles. The number of hydrogen-bond acceptors (Lipinski definition) is 4. The van der Waals surface area contributed by atoms with Crippen LogP contribution in [0, 0.1) is 6.92 Å². The second-order valence-electron chi connectivity index (χ2n) is 7.41. The third-order valence-corrected chi connectivity index (χ3v) is 5.12. The topological polar surface area (TPSA) is 52.6 Å². The van der Waals surface area contributed by atoms with Crippen LogP contribution in [0.25, 0.3) is 0 Å². The molecule has 0 aliphatic heterocycles. The van der Waals surface area contributed by atoms with Crippen molar-refractivity contribution in [2.75, 3.05) is 7.11 Å². The van der Waals surface area contributed by atoms with Crippen LogP contribution in [0.2, 0.25) is 0 Å². The highest BCUT2D eigenvalue weighted by atomic mass is 16.5. The molecule has 0 atom stereocenters. The number of carbonyl (C=O) groups is 2. The van der Waals surface area contributed by atoms with Crippen LogP contribution in [-0.4, -0.2) is 18.7 Å². The van der Waals surface area contributed by atoms with Crippen LogP contribution < -0.4 is 9.47 Å². The molecule has 4 aromatic carbocycles. The molecule has 4 nitrogen and oxygen atoms in total. The zero-order chi connectivity index (χ0) is 22.5. The van der Waals surface area contributed by atoms with Crippen molar-refractivity contribution in [3.05, 3.63) is 125 Å². The van der Waals surface area contributed by atoms with Gasteiger partial charge in [0, 0.05) is 28.3 Å². The molecular formula is C28H22O4. The Balaban J connectivity index is 1.45. The lowest BCUT2D eigenvalue weighted by Gasteiger charge is -2.08. The first-order chi connectivity index (χ1) is 15.5. The molecule has 0 aliphatic carbocycles. The van der Waals surface area contributed by atoms with E-state index in [-0.39, 0.29) is 11.6 Å². The van der Waals surface area contributed by atoms with Crippen molar-refractivity contribution in [2.24, 2.45) is 0 Å². The second kappa shape index (κ2) is 9.31. The lowest BCUT2D eigenvalue weighted by Crippen LogP contribution is -2.04. The van der Waals surface area contributed by atoms with Crippen molar-refractivity contribution in [3.63, 3.8) is 0 Å². The van der Waals surface area contributed by atoms with Crippen LogP contribution in [0.4, 0.5) is 0 Å². The summed E-state index contributed by atoms with van der Waals surface area (Å²) >= 11 is 0. The van der Waals surface area contributed by atoms with Gasteiger partial charge in [0.25, 0.3) is 0 Å². The summed E-state index contributed by atoms with van der Waals surface area (Å²) in [5.41, 5.74) is 3.34. The highest BCUT2D eigenvalue weighted by Crippen LogP contribution is 2.26. The smallest absolute Gasteiger partial charge is 0.193 e. The van der Waals surface area contributed by atoms with Crippen molar-refractivity contribution in [3.8, 4) is 17.2 Å². The molecule has 0 radical (unpaired) electrons. The monoisotopic (exact) mass is 422 g/mol. The fraction of sp³-hybridized carbons (Fsp3) is 0.0714. The molecule has 4 heteroatoms. The quantitative estimate of drug-likeness (QED) is 0.330. The zero-order valence-corrected chi connectivity index (χ0v) is 17.9. The van der Waals surface area contributed by atoms with Gasteiger partial charge in [-0.25, -0.2) is 0 Å². The Labute approximate surface area is 187 Å². The summed E-state index contributed by atoms with van der Waals surface area (Å²) in [6.07, 6.45) is 0. The minimum Gasteiger partial charge on any atom is -0.497 e. The van der Waals surface area contributed by atoms with Crippen molar-refractivity contribution in [2.45, 2.75) is 6.92 Å². The Morgan fingerprint density at radius 3 is 1.50 bits per heavy atom. The van der Waals surface area contributed by atoms with Gasteiger partial charge in [0.05, 0.1) is 7.11 Å². The van der Waals surface area contributed by atoms with E-state index in [1.807, 2.05) is 49.4 Å². The Bertz CT molecular complexity index is 1240. The van der Waals surface area contributed by atoms with Gasteiger partial charge < -0.3 is 9.47 Å². The zero-order valence-electron chi connectivity index (χ0n) is 17.9. The van der Waals surface area contributed by atoms with Crippen molar-refractivity contribution in [1.29, 1.82) is 0 Å². The maximum atomic E-state index is 12.8. The van der Waals surface area contributed by atoms with Gasteiger partial charge in [-0.1, -0.05) is 60.2 Å². The van der Waals surface area contributed by atoms with Crippen LogP contribution in [0.3, 0.4) is 0 Å². The van der Waals surface area contributed by atoms with Crippen molar-refractivity contribution < 1.29 is 19.1 Å². The number of carbonyl (C=O) groups excluding carboxylic acids is 2. The fourth-order valence-corrected chi connectivity index (χ4v) is 3.29. The fourth-order valence-electron chi connectivity index (χ4n) is 3.29. The molecule has 0 saturated heterocycles. The van der Waals surface area contributed by atoms with E-state index < -0.39 is 0 Å². The van der Waals surface area contributed by atoms with E-state index in [1.54, 1.807) is 61.7 Å². The van der Waals surface area contributed by atoms with Gasteiger partial charge in [0.15, 0.2) is 11.6 Å². The van der Waals surface area contributed by atoms with Gasteiger partial charge in [0.2, 0.25) is 0 Å². The molecule has 0 heterocycles. The summed E-state index contributed by atoms with van der Waals surface area (Å²) in [6, 6.07) is 28.5. The van der Waals surface area contributed by atoms with E-state index in [0.717, 1.165) is 5.56 Å². The second-order valence-corrected chi connectivity index (χ2v) is 7.41. The summed E-state index contributed by atoms with van der Waals surface area (Å²) in [7, 11) is 1.60. The Morgan fingerprint density at radius 2 is 1.00 bits per heavy atom. The molecule has 0 spiro atoms. The predicted octanol–water partition coefficient (Wildman–Crippen LogP) is 6.26. The predicted molar refractivity (Wildman–Crippen MR) is 124 cm³/mol. The highest BCUT2D eigenvalue weighted by Gasteiger charge is 2.13. The van der Waals surface area contributed by atoms with Gasteiger partial charge in [-0.15, -0.1) is 0 Å². The van der Waals surface area contributed by atoms with Gasteiger partial charge in [0.1, 0.15) is 17.2 Å². The number of methoxy groups -OCH3 is 1. The maximum absolute atomic E-state index is 12.8. The standard InChI is InChI=1S/C28H22O4/c1-19-6-8-20(9-7-19)27(29)21-10-12-22(13-11-21)28(30)23-14-16-24(17-15-23)32-26-5-3-4-25(18-26)31-2/h3-18H,1-2H3. The Kier molecular flexibility index (Phi) is 6.13. The molecule has 32 heavy (non-hydrogen) atoms. The maximum Gasteiger partial charge on any atom is 0.193 e. The third-order valence-electron chi connectivity index (χ3n) is 5.12.